The molecule has 0 bridgehead atoms. The minimum atomic E-state index is -0.355. The van der Waals surface area contributed by atoms with Gasteiger partial charge < -0.3 is 14.7 Å². The second-order valence-electron chi connectivity index (χ2n) is 9.64. The van der Waals surface area contributed by atoms with Crippen molar-refractivity contribution < 1.29 is 14.6 Å². The third-order valence-corrected chi connectivity index (χ3v) is 7.30. The number of hydrogen-bond donors (Lipinski definition) is 3. The maximum absolute atomic E-state index is 13.5. The minimum Gasteiger partial charge on any atom is -0.508 e. The largest absolute Gasteiger partial charge is 0.508 e. The average Bonchev–Trinajstić information content (AvgIpc) is 3.40. The molecule has 182 valence electrons. The highest BCUT2D eigenvalue weighted by Gasteiger charge is 2.55. The van der Waals surface area contributed by atoms with Crippen LogP contribution in [0.4, 0.5) is 0 Å². The van der Waals surface area contributed by atoms with Crippen molar-refractivity contribution in [1.82, 2.24) is 15.8 Å². The summed E-state index contributed by atoms with van der Waals surface area (Å²) in [6.45, 7) is 7.30. The predicted octanol–water partition coefficient (Wildman–Crippen LogP) is 4.72. The van der Waals surface area contributed by atoms with E-state index >= 15 is 0 Å². The van der Waals surface area contributed by atoms with E-state index in [1.807, 2.05) is 73.3 Å². The van der Waals surface area contributed by atoms with Crippen LogP contribution in [-0.2, 0) is 11.4 Å². The molecule has 2 fully saturated rings. The summed E-state index contributed by atoms with van der Waals surface area (Å²) in [4.78, 5) is 15.5. The normalized spacial score (nSPS) is 23.5. The summed E-state index contributed by atoms with van der Waals surface area (Å²) in [7, 11) is 0. The van der Waals surface area contributed by atoms with Gasteiger partial charge in [0.05, 0.1) is 12.1 Å². The van der Waals surface area contributed by atoms with Gasteiger partial charge in [0.2, 0.25) is 5.91 Å². The van der Waals surface area contributed by atoms with E-state index < -0.39 is 0 Å². The highest BCUT2D eigenvalue weighted by atomic mass is 16.5. The topological polar surface area (TPSA) is 73.8 Å². The number of ether oxygens (including phenoxy) is 1. The lowest BCUT2D eigenvalue weighted by molar-refractivity contribution is -0.130. The first-order valence-electron chi connectivity index (χ1n) is 12.4. The van der Waals surface area contributed by atoms with Crippen molar-refractivity contribution in [2.75, 3.05) is 6.54 Å². The van der Waals surface area contributed by atoms with E-state index in [-0.39, 0.29) is 35.7 Å². The smallest absolute Gasteiger partial charge is 0.242 e. The van der Waals surface area contributed by atoms with Crippen molar-refractivity contribution in [2.45, 2.75) is 51.9 Å². The molecule has 0 saturated carbocycles. The molecule has 3 N–H and O–H groups in total. The van der Waals surface area contributed by atoms with E-state index in [4.69, 9.17) is 4.74 Å². The molecule has 5 rings (SSSR count). The van der Waals surface area contributed by atoms with Crippen molar-refractivity contribution in [3.63, 3.8) is 0 Å². The molecule has 3 aromatic rings. The van der Waals surface area contributed by atoms with E-state index in [9.17, 15) is 9.90 Å². The highest BCUT2D eigenvalue weighted by Crippen LogP contribution is 2.49. The van der Waals surface area contributed by atoms with Gasteiger partial charge in [-0.15, -0.1) is 0 Å². The Morgan fingerprint density at radius 3 is 2.46 bits per heavy atom. The molecule has 0 aromatic heterocycles. The van der Waals surface area contributed by atoms with Crippen molar-refractivity contribution >= 4 is 5.91 Å². The van der Waals surface area contributed by atoms with Crippen LogP contribution in [0.3, 0.4) is 0 Å². The first-order chi connectivity index (χ1) is 17.0. The van der Waals surface area contributed by atoms with Crippen molar-refractivity contribution in [1.29, 1.82) is 0 Å². The zero-order valence-electron chi connectivity index (χ0n) is 20.5. The quantitative estimate of drug-likeness (QED) is 0.465. The number of carbonyl (C=O) groups excluding carboxylic acids is 1. The van der Waals surface area contributed by atoms with Crippen LogP contribution in [0.2, 0.25) is 0 Å². The lowest BCUT2D eigenvalue weighted by Gasteiger charge is -2.31. The first kappa shape index (κ1) is 23.4. The molecule has 2 aliphatic heterocycles. The number of benzene rings is 3. The fourth-order valence-corrected chi connectivity index (χ4v) is 5.46. The number of hydrogen-bond acceptors (Lipinski definition) is 5. The molecular formula is C29H33N3O3. The number of likely N-dealkylation sites (tertiary alicyclic amines) is 1. The van der Waals surface area contributed by atoms with Gasteiger partial charge in [0.1, 0.15) is 24.1 Å². The van der Waals surface area contributed by atoms with Crippen LogP contribution in [0.5, 0.6) is 11.5 Å². The van der Waals surface area contributed by atoms with Crippen LogP contribution in [0.15, 0.2) is 66.7 Å². The SMILES string of the molecule is CCCN1C(=O)C2NNC(c3cc(C)c(C)cc3O)C2C1c1cccc(OCc2ccccc2)c1. The Bertz CT molecular complexity index is 1210. The third-order valence-electron chi connectivity index (χ3n) is 7.30. The number of hydrazine groups is 1. The van der Waals surface area contributed by atoms with Crippen LogP contribution in [0.1, 0.15) is 53.2 Å². The lowest BCUT2D eigenvalue weighted by Crippen LogP contribution is -2.41. The number of carbonyl (C=O) groups is 1. The molecule has 4 atom stereocenters. The van der Waals surface area contributed by atoms with Gasteiger partial charge in [-0.2, -0.15) is 0 Å². The van der Waals surface area contributed by atoms with Crippen LogP contribution in [-0.4, -0.2) is 28.5 Å². The van der Waals surface area contributed by atoms with Gasteiger partial charge in [0.15, 0.2) is 0 Å². The third kappa shape index (κ3) is 4.40. The van der Waals surface area contributed by atoms with E-state index in [2.05, 4.69) is 29.9 Å². The Balaban J connectivity index is 1.49. The number of phenols is 1. The van der Waals surface area contributed by atoms with E-state index in [1.54, 1.807) is 0 Å². The maximum Gasteiger partial charge on any atom is 0.242 e. The standard InChI is InChI=1S/C29H33N3O3/c1-4-13-32-28(21-11-8-12-22(16-21)35-17-20-9-6-5-7-10-20)25-26(30-31-27(25)29(32)34)23-14-18(2)19(3)15-24(23)33/h5-12,14-16,25-28,30-31,33H,4,13,17H2,1-3H3. The summed E-state index contributed by atoms with van der Waals surface area (Å²) < 4.78 is 6.11. The Morgan fingerprint density at radius 1 is 0.943 bits per heavy atom. The number of nitrogens with zero attached hydrogens (tertiary/aromatic N) is 1. The molecule has 4 unspecified atom stereocenters. The molecule has 0 aliphatic carbocycles. The minimum absolute atomic E-state index is 0.0774. The molecule has 2 saturated heterocycles. The van der Waals surface area contributed by atoms with Crippen molar-refractivity contribution in [2.24, 2.45) is 5.92 Å². The van der Waals surface area contributed by atoms with Gasteiger partial charge in [-0.25, -0.2) is 10.9 Å². The molecule has 2 aliphatic rings. The number of phenolic OH excluding ortho intramolecular Hbond substituents is 1. The number of fused-ring (bicyclic) bond motifs is 1. The first-order valence-corrected chi connectivity index (χ1v) is 12.4. The summed E-state index contributed by atoms with van der Waals surface area (Å²) in [5.74, 6) is 1.05. The van der Waals surface area contributed by atoms with Crippen LogP contribution < -0.4 is 15.6 Å². The summed E-state index contributed by atoms with van der Waals surface area (Å²) in [5, 5.41) is 10.8. The number of aromatic hydroxyl groups is 1. The fourth-order valence-electron chi connectivity index (χ4n) is 5.46. The monoisotopic (exact) mass is 471 g/mol. The molecule has 1 amide bonds. The molecular weight excluding hydrogens is 438 g/mol. The van der Waals surface area contributed by atoms with Gasteiger partial charge in [-0.3, -0.25) is 4.79 Å². The predicted molar refractivity (Wildman–Crippen MR) is 136 cm³/mol. The van der Waals surface area contributed by atoms with E-state index in [0.717, 1.165) is 40.0 Å². The number of nitrogens with one attached hydrogen (secondary N) is 2. The van der Waals surface area contributed by atoms with Crippen LogP contribution >= 0.6 is 0 Å². The zero-order chi connectivity index (χ0) is 24.5. The van der Waals surface area contributed by atoms with Gasteiger partial charge in [-0.1, -0.05) is 55.5 Å². The molecule has 6 heteroatoms. The number of amides is 1. The molecule has 6 nitrogen and oxygen atoms in total. The highest BCUT2D eigenvalue weighted by molar-refractivity contribution is 5.86. The van der Waals surface area contributed by atoms with Crippen molar-refractivity contribution in [3.05, 3.63) is 94.5 Å². The maximum atomic E-state index is 13.5. The molecule has 3 aromatic carbocycles. The summed E-state index contributed by atoms with van der Waals surface area (Å²) in [6, 6.07) is 21.3. The second-order valence-corrected chi connectivity index (χ2v) is 9.64. The van der Waals surface area contributed by atoms with Gasteiger partial charge in [0, 0.05) is 18.0 Å². The molecule has 35 heavy (non-hydrogen) atoms. The van der Waals surface area contributed by atoms with Gasteiger partial charge >= 0.3 is 0 Å². The Morgan fingerprint density at radius 2 is 1.69 bits per heavy atom. The fraction of sp³-hybridized carbons (Fsp3) is 0.345. The summed E-state index contributed by atoms with van der Waals surface area (Å²) >= 11 is 0. The molecule has 0 radical (unpaired) electrons. The lowest BCUT2D eigenvalue weighted by atomic mass is 9.82. The Kier molecular flexibility index (Phi) is 6.50. The van der Waals surface area contributed by atoms with Gasteiger partial charge in [0.25, 0.3) is 0 Å². The summed E-state index contributed by atoms with van der Waals surface area (Å²) in [6.07, 6.45) is 0.874. The average molecular weight is 472 g/mol. The summed E-state index contributed by atoms with van der Waals surface area (Å²) in [5.41, 5.74) is 11.7. The number of aryl methyl sites for hydroxylation is 2. The Labute approximate surface area is 206 Å². The molecule has 2 heterocycles. The van der Waals surface area contributed by atoms with Gasteiger partial charge in [-0.05, 0) is 60.7 Å². The zero-order valence-corrected chi connectivity index (χ0v) is 20.5. The molecule has 0 spiro atoms. The van der Waals surface area contributed by atoms with Crippen molar-refractivity contribution in [3.8, 4) is 11.5 Å². The van der Waals surface area contributed by atoms with E-state index in [1.165, 1.54) is 0 Å². The Hall–Kier alpha value is -3.35. The number of rotatable bonds is 7. The van der Waals surface area contributed by atoms with E-state index in [0.29, 0.717) is 13.2 Å². The second kappa shape index (κ2) is 9.72. The van der Waals surface area contributed by atoms with Crippen LogP contribution in [0.25, 0.3) is 0 Å². The van der Waals surface area contributed by atoms with Crippen LogP contribution in [0, 0.1) is 19.8 Å².